The first-order chi connectivity index (χ1) is 7.89. The SMILES string of the molecule is Cc1ccc2c(c1)N(C(=O)C(C)(C)C)CCO2. The van der Waals surface area contributed by atoms with Crippen LogP contribution < -0.4 is 9.64 Å². The van der Waals surface area contributed by atoms with Gasteiger partial charge in [0, 0.05) is 5.41 Å². The summed E-state index contributed by atoms with van der Waals surface area (Å²) >= 11 is 0. The average Bonchev–Trinajstić information content (AvgIpc) is 2.26. The molecule has 1 amide bonds. The van der Waals surface area contributed by atoms with Gasteiger partial charge in [0.1, 0.15) is 12.4 Å². The highest BCUT2D eigenvalue weighted by atomic mass is 16.5. The van der Waals surface area contributed by atoms with Crippen molar-refractivity contribution in [1.82, 2.24) is 0 Å². The summed E-state index contributed by atoms with van der Waals surface area (Å²) in [5.41, 5.74) is 1.68. The molecule has 0 aliphatic carbocycles. The van der Waals surface area contributed by atoms with E-state index in [1.165, 1.54) is 0 Å². The summed E-state index contributed by atoms with van der Waals surface area (Å²) in [6.07, 6.45) is 0. The van der Waals surface area contributed by atoms with E-state index in [9.17, 15) is 4.79 Å². The van der Waals surface area contributed by atoms with E-state index in [0.29, 0.717) is 13.2 Å². The van der Waals surface area contributed by atoms with Crippen molar-refractivity contribution < 1.29 is 9.53 Å². The molecule has 1 aliphatic heterocycles. The van der Waals surface area contributed by atoms with Gasteiger partial charge in [-0.05, 0) is 24.6 Å². The molecular weight excluding hydrogens is 214 g/mol. The number of fused-ring (bicyclic) bond motifs is 1. The summed E-state index contributed by atoms with van der Waals surface area (Å²) < 4.78 is 5.58. The highest BCUT2D eigenvalue weighted by Crippen LogP contribution is 2.34. The Morgan fingerprint density at radius 2 is 2.06 bits per heavy atom. The smallest absolute Gasteiger partial charge is 0.232 e. The molecule has 0 unspecified atom stereocenters. The lowest BCUT2D eigenvalue weighted by Crippen LogP contribution is -2.44. The van der Waals surface area contributed by atoms with E-state index in [2.05, 4.69) is 0 Å². The summed E-state index contributed by atoms with van der Waals surface area (Å²) in [7, 11) is 0. The Bertz CT molecular complexity index is 446. The van der Waals surface area contributed by atoms with Gasteiger partial charge in [-0.15, -0.1) is 0 Å². The summed E-state index contributed by atoms with van der Waals surface area (Å²) in [6.45, 7) is 9.06. The fraction of sp³-hybridized carbons (Fsp3) is 0.500. The van der Waals surface area contributed by atoms with Crippen LogP contribution in [0, 0.1) is 12.3 Å². The number of rotatable bonds is 0. The molecule has 0 saturated heterocycles. The zero-order valence-corrected chi connectivity index (χ0v) is 10.9. The summed E-state index contributed by atoms with van der Waals surface area (Å²) in [5.74, 6) is 0.951. The van der Waals surface area contributed by atoms with Crippen LogP contribution in [0.1, 0.15) is 26.3 Å². The highest BCUT2D eigenvalue weighted by molar-refractivity contribution is 5.98. The lowest BCUT2D eigenvalue weighted by atomic mass is 9.94. The van der Waals surface area contributed by atoms with Gasteiger partial charge >= 0.3 is 0 Å². The van der Waals surface area contributed by atoms with Crippen LogP contribution in [0.3, 0.4) is 0 Å². The monoisotopic (exact) mass is 233 g/mol. The number of ether oxygens (including phenoxy) is 1. The molecule has 1 heterocycles. The summed E-state index contributed by atoms with van der Waals surface area (Å²) in [4.78, 5) is 14.2. The molecule has 1 aliphatic rings. The maximum Gasteiger partial charge on any atom is 0.232 e. The molecule has 0 fully saturated rings. The molecule has 92 valence electrons. The van der Waals surface area contributed by atoms with Gasteiger partial charge in [0.2, 0.25) is 5.91 Å². The van der Waals surface area contributed by atoms with Crippen molar-refractivity contribution in [3.63, 3.8) is 0 Å². The van der Waals surface area contributed by atoms with Gasteiger partial charge in [0.15, 0.2) is 0 Å². The third-order valence-electron chi connectivity index (χ3n) is 2.86. The number of anilines is 1. The highest BCUT2D eigenvalue weighted by Gasteiger charge is 2.31. The standard InChI is InChI=1S/C14H19NO2/c1-10-5-6-12-11(9-10)15(7-8-17-12)13(16)14(2,3)4/h5-6,9H,7-8H2,1-4H3. The van der Waals surface area contributed by atoms with Crippen LogP contribution in [0.2, 0.25) is 0 Å². The molecule has 0 spiro atoms. The Kier molecular flexibility index (Phi) is 2.86. The molecule has 2 rings (SSSR count). The topological polar surface area (TPSA) is 29.5 Å². The molecule has 1 aromatic carbocycles. The first-order valence-electron chi connectivity index (χ1n) is 5.95. The molecular formula is C14H19NO2. The van der Waals surface area contributed by atoms with E-state index in [1.807, 2.05) is 50.8 Å². The number of hydrogen-bond donors (Lipinski definition) is 0. The van der Waals surface area contributed by atoms with E-state index in [1.54, 1.807) is 0 Å². The molecule has 1 aromatic rings. The number of carbonyl (C=O) groups excluding carboxylic acids is 1. The van der Waals surface area contributed by atoms with Crippen molar-refractivity contribution >= 4 is 11.6 Å². The predicted molar refractivity (Wildman–Crippen MR) is 68.5 cm³/mol. The Morgan fingerprint density at radius 3 is 2.71 bits per heavy atom. The number of hydrogen-bond acceptors (Lipinski definition) is 2. The molecule has 0 saturated carbocycles. The maximum absolute atomic E-state index is 12.4. The van der Waals surface area contributed by atoms with Crippen LogP contribution >= 0.6 is 0 Å². The maximum atomic E-state index is 12.4. The summed E-state index contributed by atoms with van der Waals surface area (Å²) in [6, 6.07) is 5.95. The largest absolute Gasteiger partial charge is 0.490 e. The Morgan fingerprint density at radius 1 is 1.35 bits per heavy atom. The van der Waals surface area contributed by atoms with Crippen molar-refractivity contribution in [2.45, 2.75) is 27.7 Å². The van der Waals surface area contributed by atoms with Crippen LogP contribution in [0.5, 0.6) is 5.75 Å². The zero-order valence-electron chi connectivity index (χ0n) is 10.9. The van der Waals surface area contributed by atoms with Crippen molar-refractivity contribution in [3.05, 3.63) is 23.8 Å². The Balaban J connectivity index is 2.41. The van der Waals surface area contributed by atoms with Crippen molar-refractivity contribution in [1.29, 1.82) is 0 Å². The minimum atomic E-state index is -0.363. The molecule has 0 atom stereocenters. The molecule has 17 heavy (non-hydrogen) atoms. The second-order valence-corrected chi connectivity index (χ2v) is 5.53. The van der Waals surface area contributed by atoms with Crippen LogP contribution in [-0.2, 0) is 4.79 Å². The number of nitrogens with zero attached hydrogens (tertiary/aromatic N) is 1. The van der Waals surface area contributed by atoms with E-state index >= 15 is 0 Å². The minimum absolute atomic E-state index is 0.146. The van der Waals surface area contributed by atoms with Gasteiger partial charge in [-0.25, -0.2) is 0 Å². The number of benzene rings is 1. The predicted octanol–water partition coefficient (Wildman–Crippen LogP) is 2.77. The van der Waals surface area contributed by atoms with E-state index in [0.717, 1.165) is 17.0 Å². The minimum Gasteiger partial charge on any atom is -0.490 e. The normalized spacial score (nSPS) is 15.2. The second-order valence-electron chi connectivity index (χ2n) is 5.53. The number of carbonyl (C=O) groups is 1. The van der Waals surface area contributed by atoms with Gasteiger partial charge in [-0.1, -0.05) is 26.8 Å². The van der Waals surface area contributed by atoms with Crippen LogP contribution in [0.4, 0.5) is 5.69 Å². The number of aryl methyl sites for hydroxylation is 1. The Labute approximate surface area is 102 Å². The zero-order chi connectivity index (χ0) is 12.6. The lowest BCUT2D eigenvalue weighted by Gasteiger charge is -2.34. The van der Waals surface area contributed by atoms with E-state index in [-0.39, 0.29) is 11.3 Å². The van der Waals surface area contributed by atoms with E-state index < -0.39 is 0 Å². The fourth-order valence-electron chi connectivity index (χ4n) is 1.94. The van der Waals surface area contributed by atoms with Gasteiger partial charge in [0.25, 0.3) is 0 Å². The molecule has 0 bridgehead atoms. The first-order valence-corrected chi connectivity index (χ1v) is 5.95. The Hall–Kier alpha value is -1.51. The third kappa shape index (κ3) is 2.28. The van der Waals surface area contributed by atoms with Gasteiger partial charge < -0.3 is 9.64 Å². The van der Waals surface area contributed by atoms with Crippen LogP contribution in [0.25, 0.3) is 0 Å². The third-order valence-corrected chi connectivity index (χ3v) is 2.86. The second kappa shape index (κ2) is 4.06. The first kappa shape index (κ1) is 12.0. The van der Waals surface area contributed by atoms with Crippen molar-refractivity contribution in [3.8, 4) is 5.75 Å². The summed E-state index contributed by atoms with van der Waals surface area (Å²) in [5, 5.41) is 0. The molecule has 0 N–H and O–H groups in total. The molecule has 3 heteroatoms. The van der Waals surface area contributed by atoms with Crippen LogP contribution in [0.15, 0.2) is 18.2 Å². The van der Waals surface area contributed by atoms with Gasteiger partial charge in [-0.3, -0.25) is 4.79 Å². The molecule has 0 aromatic heterocycles. The van der Waals surface area contributed by atoms with Gasteiger partial charge in [0.05, 0.1) is 12.2 Å². The lowest BCUT2D eigenvalue weighted by molar-refractivity contribution is -0.126. The molecule has 0 radical (unpaired) electrons. The van der Waals surface area contributed by atoms with Gasteiger partial charge in [-0.2, -0.15) is 0 Å². The van der Waals surface area contributed by atoms with Crippen LogP contribution in [-0.4, -0.2) is 19.1 Å². The van der Waals surface area contributed by atoms with E-state index in [4.69, 9.17) is 4.74 Å². The number of amides is 1. The quantitative estimate of drug-likeness (QED) is 0.689. The fourth-order valence-corrected chi connectivity index (χ4v) is 1.94. The molecule has 3 nitrogen and oxygen atoms in total. The van der Waals surface area contributed by atoms with Crippen molar-refractivity contribution in [2.24, 2.45) is 5.41 Å². The van der Waals surface area contributed by atoms with Crippen molar-refractivity contribution in [2.75, 3.05) is 18.1 Å². The average molecular weight is 233 g/mol.